The number of carbonyl (C=O) groups excluding carboxylic acids is 1. The summed E-state index contributed by atoms with van der Waals surface area (Å²) in [5.41, 5.74) is 9.23. The van der Waals surface area contributed by atoms with Gasteiger partial charge < -0.3 is 10.1 Å². The first-order chi connectivity index (χ1) is 11.1. The maximum atomic E-state index is 12.1. The number of benzene rings is 2. The van der Waals surface area contributed by atoms with Gasteiger partial charge in [-0.15, -0.1) is 0 Å². The molecule has 23 heavy (non-hydrogen) atoms. The number of halogens is 1. The molecule has 0 aliphatic carbocycles. The van der Waals surface area contributed by atoms with Crippen molar-refractivity contribution in [1.82, 2.24) is 16.4 Å². The van der Waals surface area contributed by atoms with Gasteiger partial charge >= 0.3 is 0 Å². The normalized spacial score (nSPS) is 20.3. The predicted octanol–water partition coefficient (Wildman–Crippen LogP) is 2.44. The fourth-order valence-electron chi connectivity index (χ4n) is 2.23. The van der Waals surface area contributed by atoms with Crippen LogP contribution < -0.4 is 26.4 Å². The van der Waals surface area contributed by atoms with E-state index in [2.05, 4.69) is 21.7 Å². The molecule has 6 nitrogen and oxygen atoms in total. The molecule has 7 heteroatoms. The van der Waals surface area contributed by atoms with E-state index >= 15 is 0 Å². The molecule has 1 saturated heterocycles. The van der Waals surface area contributed by atoms with Crippen LogP contribution in [0.5, 0.6) is 11.5 Å². The Morgan fingerprint density at radius 1 is 1.13 bits per heavy atom. The Labute approximate surface area is 139 Å². The molecule has 1 aliphatic rings. The number of anilines is 1. The molecule has 120 valence electrons. The van der Waals surface area contributed by atoms with E-state index in [1.807, 2.05) is 19.1 Å². The van der Waals surface area contributed by atoms with Crippen LogP contribution in [-0.2, 0) is 4.79 Å². The topological polar surface area (TPSA) is 74.4 Å². The molecule has 2 aromatic carbocycles. The molecule has 2 atom stereocenters. The van der Waals surface area contributed by atoms with Gasteiger partial charge in [-0.3, -0.25) is 4.79 Å². The van der Waals surface area contributed by atoms with Gasteiger partial charge in [-0.1, -0.05) is 17.7 Å². The van der Waals surface area contributed by atoms with Crippen molar-refractivity contribution in [2.75, 3.05) is 5.32 Å². The van der Waals surface area contributed by atoms with Crippen molar-refractivity contribution in [3.05, 3.63) is 53.6 Å². The summed E-state index contributed by atoms with van der Waals surface area (Å²) in [4.78, 5) is 12.1. The Balaban J connectivity index is 1.62. The molecule has 0 spiro atoms. The maximum Gasteiger partial charge on any atom is 0.244 e. The number of rotatable bonds is 4. The van der Waals surface area contributed by atoms with Crippen molar-refractivity contribution < 1.29 is 9.53 Å². The van der Waals surface area contributed by atoms with Crippen LogP contribution in [0.1, 0.15) is 6.92 Å². The number of nitrogens with one attached hydrogen (secondary N) is 4. The zero-order chi connectivity index (χ0) is 16.2. The minimum Gasteiger partial charge on any atom is -0.457 e. The second-order valence-electron chi connectivity index (χ2n) is 5.25. The van der Waals surface area contributed by atoms with E-state index in [0.717, 1.165) is 0 Å². The third-order valence-corrected chi connectivity index (χ3v) is 3.70. The standard InChI is InChI=1S/C16H17ClN4O2/c1-10-15(20-21-19-10)16(22)18-12-5-7-13(8-6-12)23-14-4-2-3-11(17)9-14/h2-10,15,19-21H,1H3,(H,18,22). The monoisotopic (exact) mass is 332 g/mol. The number of amides is 1. The molecule has 3 rings (SSSR count). The fourth-order valence-corrected chi connectivity index (χ4v) is 2.41. The van der Waals surface area contributed by atoms with Gasteiger partial charge in [0.05, 0.1) is 0 Å². The number of hydrogen-bond donors (Lipinski definition) is 4. The first-order valence-electron chi connectivity index (χ1n) is 7.22. The van der Waals surface area contributed by atoms with Crippen LogP contribution in [0.2, 0.25) is 5.02 Å². The molecule has 0 radical (unpaired) electrons. The molecular weight excluding hydrogens is 316 g/mol. The number of hydrogen-bond acceptors (Lipinski definition) is 5. The Morgan fingerprint density at radius 2 is 1.91 bits per heavy atom. The second kappa shape index (κ2) is 6.97. The summed E-state index contributed by atoms with van der Waals surface area (Å²) in [6, 6.07) is 14.0. The van der Waals surface area contributed by atoms with Crippen molar-refractivity contribution in [1.29, 1.82) is 0 Å². The smallest absolute Gasteiger partial charge is 0.244 e. The lowest BCUT2D eigenvalue weighted by molar-refractivity contribution is -0.118. The zero-order valence-electron chi connectivity index (χ0n) is 12.5. The van der Waals surface area contributed by atoms with Crippen molar-refractivity contribution in [2.45, 2.75) is 19.0 Å². The SMILES string of the molecule is CC1NNNC1C(=O)Nc1ccc(Oc2cccc(Cl)c2)cc1. The zero-order valence-corrected chi connectivity index (χ0v) is 13.2. The summed E-state index contributed by atoms with van der Waals surface area (Å²) in [5, 5.41) is 3.47. The van der Waals surface area contributed by atoms with Gasteiger partial charge in [0.1, 0.15) is 17.5 Å². The summed E-state index contributed by atoms with van der Waals surface area (Å²) < 4.78 is 5.71. The van der Waals surface area contributed by atoms with Crippen molar-refractivity contribution in [2.24, 2.45) is 0 Å². The Bertz CT molecular complexity index is 693. The molecule has 0 aromatic heterocycles. The quantitative estimate of drug-likeness (QED) is 0.692. The Kier molecular flexibility index (Phi) is 4.78. The summed E-state index contributed by atoms with van der Waals surface area (Å²) in [6.07, 6.45) is 0. The van der Waals surface area contributed by atoms with Crippen LogP contribution in [0, 0.1) is 0 Å². The second-order valence-corrected chi connectivity index (χ2v) is 5.69. The van der Waals surface area contributed by atoms with Gasteiger partial charge in [0.2, 0.25) is 5.91 Å². The van der Waals surface area contributed by atoms with Crippen LogP contribution in [0.4, 0.5) is 5.69 Å². The van der Waals surface area contributed by atoms with Crippen LogP contribution in [0.25, 0.3) is 0 Å². The van der Waals surface area contributed by atoms with E-state index in [9.17, 15) is 4.79 Å². The average Bonchev–Trinajstić information content (AvgIpc) is 2.95. The van der Waals surface area contributed by atoms with Crippen LogP contribution in [0.3, 0.4) is 0 Å². The van der Waals surface area contributed by atoms with E-state index in [1.54, 1.807) is 36.4 Å². The van der Waals surface area contributed by atoms with Gasteiger partial charge in [-0.25, -0.2) is 10.9 Å². The van der Waals surface area contributed by atoms with Gasteiger partial charge in [0.25, 0.3) is 0 Å². The maximum absolute atomic E-state index is 12.1. The Hall–Kier alpha value is -2.12. The highest BCUT2D eigenvalue weighted by Crippen LogP contribution is 2.25. The summed E-state index contributed by atoms with van der Waals surface area (Å²) in [6.45, 7) is 1.92. The van der Waals surface area contributed by atoms with Crippen LogP contribution >= 0.6 is 11.6 Å². The van der Waals surface area contributed by atoms with E-state index in [1.165, 1.54) is 0 Å². The minimum atomic E-state index is -0.336. The predicted molar refractivity (Wildman–Crippen MR) is 89.3 cm³/mol. The molecular formula is C16H17ClN4O2. The summed E-state index contributed by atoms with van der Waals surface area (Å²) in [5.74, 6) is 1.22. The number of ether oxygens (including phenoxy) is 1. The first-order valence-corrected chi connectivity index (χ1v) is 7.60. The molecule has 2 unspecified atom stereocenters. The van der Waals surface area contributed by atoms with Crippen molar-refractivity contribution in [3.8, 4) is 11.5 Å². The molecule has 1 aliphatic heterocycles. The lowest BCUT2D eigenvalue weighted by Gasteiger charge is -2.14. The average molecular weight is 333 g/mol. The van der Waals surface area contributed by atoms with Gasteiger partial charge in [0.15, 0.2) is 0 Å². The first kappa shape index (κ1) is 15.8. The number of carbonyl (C=O) groups is 1. The van der Waals surface area contributed by atoms with Gasteiger partial charge in [-0.05, 0) is 49.4 Å². The van der Waals surface area contributed by atoms with Crippen molar-refractivity contribution >= 4 is 23.2 Å². The van der Waals surface area contributed by atoms with E-state index < -0.39 is 0 Å². The van der Waals surface area contributed by atoms with E-state index in [4.69, 9.17) is 16.3 Å². The van der Waals surface area contributed by atoms with E-state index in [-0.39, 0.29) is 18.0 Å². The third-order valence-electron chi connectivity index (χ3n) is 3.46. The molecule has 4 N–H and O–H groups in total. The summed E-state index contributed by atoms with van der Waals surface area (Å²) >= 11 is 5.92. The third kappa shape index (κ3) is 4.00. The molecule has 1 fully saturated rings. The molecule has 0 saturated carbocycles. The molecule has 1 heterocycles. The van der Waals surface area contributed by atoms with Crippen LogP contribution in [0.15, 0.2) is 48.5 Å². The Morgan fingerprint density at radius 3 is 2.57 bits per heavy atom. The lowest BCUT2D eigenvalue weighted by atomic mass is 10.1. The highest BCUT2D eigenvalue weighted by Gasteiger charge is 2.29. The minimum absolute atomic E-state index is 0.000403. The summed E-state index contributed by atoms with van der Waals surface area (Å²) in [7, 11) is 0. The molecule has 0 bridgehead atoms. The molecule has 1 amide bonds. The highest BCUT2D eigenvalue weighted by molar-refractivity contribution is 6.30. The fraction of sp³-hybridized carbons (Fsp3) is 0.188. The van der Waals surface area contributed by atoms with E-state index in [0.29, 0.717) is 22.2 Å². The van der Waals surface area contributed by atoms with Gasteiger partial charge in [-0.2, -0.15) is 5.53 Å². The highest BCUT2D eigenvalue weighted by atomic mass is 35.5. The molecule has 2 aromatic rings. The number of hydrazine groups is 2. The van der Waals surface area contributed by atoms with Gasteiger partial charge in [0, 0.05) is 16.8 Å². The largest absolute Gasteiger partial charge is 0.457 e. The van der Waals surface area contributed by atoms with Crippen LogP contribution in [-0.4, -0.2) is 18.0 Å². The van der Waals surface area contributed by atoms with Crippen molar-refractivity contribution in [3.63, 3.8) is 0 Å². The lowest BCUT2D eigenvalue weighted by Crippen LogP contribution is -2.43.